The highest BCUT2D eigenvalue weighted by Gasteiger charge is 2.27. The van der Waals surface area contributed by atoms with E-state index in [4.69, 9.17) is 17.0 Å². The molecule has 6 nitrogen and oxygen atoms in total. The van der Waals surface area contributed by atoms with Gasteiger partial charge < -0.3 is 19.9 Å². The summed E-state index contributed by atoms with van der Waals surface area (Å²) in [6.45, 7) is 10.1. The van der Waals surface area contributed by atoms with Crippen LogP contribution in [0, 0.1) is 6.92 Å². The van der Waals surface area contributed by atoms with E-state index in [2.05, 4.69) is 39.2 Å². The minimum atomic E-state index is -0.0700. The molecule has 0 bridgehead atoms. The normalized spacial score (nSPS) is 16.0. The van der Waals surface area contributed by atoms with E-state index < -0.39 is 0 Å². The van der Waals surface area contributed by atoms with Crippen LogP contribution in [-0.2, 0) is 6.54 Å². The standard InChI is InChI=1S/C27H34N4O2S/c1-4-30-14-8-9-22(30)18-31(27(34)29-23-10-6-7-11-25(23)33-5-2)17-21-16-20-13-12-19(3)15-24(20)28-26(21)32/h6-7,10-13,15-16,22H,4-5,8-9,14,17-18H2,1-3H3,(H,28,32)(H,29,34)/t22-/m0/s1. The predicted molar refractivity (Wildman–Crippen MR) is 144 cm³/mol. The van der Waals surface area contributed by atoms with Crippen molar-refractivity contribution >= 4 is 33.9 Å². The molecule has 4 rings (SSSR count). The number of para-hydroxylation sites is 2. The second-order valence-corrected chi connectivity index (χ2v) is 9.27. The molecule has 0 unspecified atom stereocenters. The van der Waals surface area contributed by atoms with E-state index in [-0.39, 0.29) is 5.56 Å². The molecule has 0 spiro atoms. The number of H-pyrrole nitrogens is 1. The number of nitrogens with zero attached hydrogens (tertiary/aromatic N) is 2. The van der Waals surface area contributed by atoms with Crippen molar-refractivity contribution in [1.29, 1.82) is 0 Å². The van der Waals surface area contributed by atoms with Crippen molar-refractivity contribution in [2.45, 2.75) is 46.2 Å². The lowest BCUT2D eigenvalue weighted by molar-refractivity contribution is 0.221. The van der Waals surface area contributed by atoms with Gasteiger partial charge in [0, 0.05) is 23.7 Å². The van der Waals surface area contributed by atoms with Gasteiger partial charge in [0.05, 0.1) is 18.8 Å². The summed E-state index contributed by atoms with van der Waals surface area (Å²) >= 11 is 5.89. The van der Waals surface area contributed by atoms with Crippen LogP contribution in [0.4, 0.5) is 5.69 Å². The van der Waals surface area contributed by atoms with Crippen molar-refractivity contribution in [3.63, 3.8) is 0 Å². The number of fused-ring (bicyclic) bond motifs is 1. The molecular weight excluding hydrogens is 444 g/mol. The van der Waals surface area contributed by atoms with Gasteiger partial charge in [0.1, 0.15) is 5.75 Å². The number of hydrogen-bond acceptors (Lipinski definition) is 4. The average molecular weight is 479 g/mol. The molecule has 2 aromatic carbocycles. The monoisotopic (exact) mass is 478 g/mol. The summed E-state index contributed by atoms with van der Waals surface area (Å²) in [5.74, 6) is 0.766. The Labute approximate surface area is 206 Å². The smallest absolute Gasteiger partial charge is 0.253 e. The fourth-order valence-electron chi connectivity index (χ4n) is 4.72. The molecule has 180 valence electrons. The second kappa shape index (κ2) is 11.0. The number of nitrogens with one attached hydrogen (secondary N) is 2. The van der Waals surface area contributed by atoms with Crippen LogP contribution in [-0.4, -0.2) is 52.2 Å². The lowest BCUT2D eigenvalue weighted by atomic mass is 10.1. The minimum Gasteiger partial charge on any atom is -0.492 e. The summed E-state index contributed by atoms with van der Waals surface area (Å²) in [4.78, 5) is 20.7. The highest BCUT2D eigenvalue weighted by molar-refractivity contribution is 7.80. The number of aromatic amines is 1. The minimum absolute atomic E-state index is 0.0700. The third-order valence-corrected chi connectivity index (χ3v) is 6.85. The number of thiocarbonyl (C=S) groups is 1. The van der Waals surface area contributed by atoms with Gasteiger partial charge in [0.15, 0.2) is 5.11 Å². The summed E-state index contributed by atoms with van der Waals surface area (Å²) in [6, 6.07) is 16.3. The third-order valence-electron chi connectivity index (χ3n) is 6.49. The largest absolute Gasteiger partial charge is 0.492 e. The first-order valence-corrected chi connectivity index (χ1v) is 12.5. The topological polar surface area (TPSA) is 60.6 Å². The van der Waals surface area contributed by atoms with E-state index in [9.17, 15) is 4.79 Å². The molecule has 1 aliphatic heterocycles. The van der Waals surface area contributed by atoms with E-state index in [0.717, 1.165) is 54.0 Å². The molecule has 2 N–H and O–H groups in total. The summed E-state index contributed by atoms with van der Waals surface area (Å²) < 4.78 is 5.78. The molecule has 0 aliphatic carbocycles. The Morgan fingerprint density at radius 2 is 2.06 bits per heavy atom. The van der Waals surface area contributed by atoms with Gasteiger partial charge in [-0.2, -0.15) is 0 Å². The van der Waals surface area contributed by atoms with Crippen LogP contribution in [0.15, 0.2) is 53.3 Å². The molecule has 1 aromatic heterocycles. The zero-order chi connectivity index (χ0) is 24.1. The Morgan fingerprint density at radius 3 is 2.85 bits per heavy atom. The Balaban J connectivity index is 1.62. The second-order valence-electron chi connectivity index (χ2n) is 8.88. The number of likely N-dealkylation sites (N-methyl/N-ethyl adjacent to an activating group) is 1. The van der Waals surface area contributed by atoms with Crippen molar-refractivity contribution in [3.8, 4) is 5.75 Å². The van der Waals surface area contributed by atoms with Gasteiger partial charge in [0.2, 0.25) is 0 Å². The van der Waals surface area contributed by atoms with Gasteiger partial charge in [-0.15, -0.1) is 0 Å². The number of benzene rings is 2. The number of anilines is 1. The van der Waals surface area contributed by atoms with Gasteiger partial charge in [-0.3, -0.25) is 9.69 Å². The Hall–Kier alpha value is -2.90. The van der Waals surface area contributed by atoms with Gasteiger partial charge in [-0.05, 0) is 87.2 Å². The quantitative estimate of drug-likeness (QED) is 0.448. The Bertz CT molecular complexity index is 1210. The molecular formula is C27H34N4O2S. The highest BCUT2D eigenvalue weighted by atomic mass is 32.1. The molecule has 2 heterocycles. The number of likely N-dealkylation sites (tertiary alicyclic amines) is 1. The molecule has 1 fully saturated rings. The molecule has 1 aliphatic rings. The Morgan fingerprint density at radius 1 is 1.24 bits per heavy atom. The van der Waals surface area contributed by atoms with Gasteiger partial charge in [-0.25, -0.2) is 0 Å². The first-order valence-electron chi connectivity index (χ1n) is 12.1. The molecule has 34 heavy (non-hydrogen) atoms. The molecule has 1 saturated heterocycles. The van der Waals surface area contributed by atoms with Crippen LogP contribution in [0.2, 0.25) is 0 Å². The van der Waals surface area contributed by atoms with Gasteiger partial charge in [0.25, 0.3) is 5.56 Å². The summed E-state index contributed by atoms with van der Waals surface area (Å²) in [6.07, 6.45) is 2.32. The molecule has 0 radical (unpaired) electrons. The van der Waals surface area contributed by atoms with Crippen molar-refractivity contribution in [3.05, 3.63) is 70.0 Å². The lowest BCUT2D eigenvalue weighted by Gasteiger charge is -2.32. The molecule has 0 saturated carbocycles. The van der Waals surface area contributed by atoms with Crippen molar-refractivity contribution in [1.82, 2.24) is 14.8 Å². The van der Waals surface area contributed by atoms with Crippen LogP contribution < -0.4 is 15.6 Å². The third kappa shape index (κ3) is 5.59. The number of hydrogen-bond donors (Lipinski definition) is 2. The number of aromatic nitrogens is 1. The van der Waals surface area contributed by atoms with E-state index in [0.29, 0.717) is 29.9 Å². The van der Waals surface area contributed by atoms with Crippen LogP contribution in [0.1, 0.15) is 37.8 Å². The Kier molecular flexibility index (Phi) is 7.85. The summed E-state index contributed by atoms with van der Waals surface area (Å²) in [5, 5.41) is 5.01. The summed E-state index contributed by atoms with van der Waals surface area (Å²) in [7, 11) is 0. The van der Waals surface area contributed by atoms with Gasteiger partial charge in [-0.1, -0.05) is 31.2 Å². The van der Waals surface area contributed by atoms with Crippen LogP contribution in [0.25, 0.3) is 10.9 Å². The predicted octanol–water partition coefficient (Wildman–Crippen LogP) is 4.92. The zero-order valence-corrected chi connectivity index (χ0v) is 21.1. The van der Waals surface area contributed by atoms with Crippen LogP contribution in [0.3, 0.4) is 0 Å². The fraction of sp³-hybridized carbons (Fsp3) is 0.407. The number of ether oxygens (including phenoxy) is 1. The first kappa shape index (κ1) is 24.2. The van der Waals surface area contributed by atoms with Crippen molar-refractivity contribution in [2.75, 3.05) is 31.6 Å². The zero-order valence-electron chi connectivity index (χ0n) is 20.3. The molecule has 1 atom stereocenters. The van der Waals surface area contributed by atoms with Crippen LogP contribution >= 0.6 is 12.2 Å². The molecule has 7 heteroatoms. The molecule has 3 aromatic rings. The van der Waals surface area contributed by atoms with E-state index in [1.165, 1.54) is 6.42 Å². The lowest BCUT2D eigenvalue weighted by Crippen LogP contribution is -2.44. The highest BCUT2D eigenvalue weighted by Crippen LogP contribution is 2.25. The van der Waals surface area contributed by atoms with Crippen molar-refractivity contribution < 1.29 is 4.74 Å². The van der Waals surface area contributed by atoms with Gasteiger partial charge >= 0.3 is 0 Å². The average Bonchev–Trinajstić information content (AvgIpc) is 3.27. The maximum absolute atomic E-state index is 13.0. The maximum atomic E-state index is 13.0. The SMILES string of the molecule is CCOc1ccccc1NC(=S)N(Cc1cc2ccc(C)cc2[nH]c1=O)C[C@@H]1CCCN1CC. The maximum Gasteiger partial charge on any atom is 0.253 e. The number of rotatable bonds is 8. The van der Waals surface area contributed by atoms with E-state index in [1.807, 2.05) is 50.2 Å². The summed E-state index contributed by atoms with van der Waals surface area (Å²) in [5.41, 5.74) is 3.45. The molecule has 0 amide bonds. The van der Waals surface area contributed by atoms with Crippen molar-refractivity contribution in [2.24, 2.45) is 0 Å². The first-order chi connectivity index (χ1) is 16.5. The van der Waals surface area contributed by atoms with E-state index >= 15 is 0 Å². The van der Waals surface area contributed by atoms with Crippen LogP contribution in [0.5, 0.6) is 5.75 Å². The van der Waals surface area contributed by atoms with E-state index in [1.54, 1.807) is 0 Å². The fourth-order valence-corrected chi connectivity index (χ4v) is 4.97. The number of aryl methyl sites for hydroxylation is 1. The number of pyridine rings is 1.